The van der Waals surface area contributed by atoms with E-state index in [4.69, 9.17) is 9.84 Å². The maximum atomic E-state index is 8.96. The van der Waals surface area contributed by atoms with Crippen LogP contribution < -0.4 is 0 Å². The van der Waals surface area contributed by atoms with Crippen molar-refractivity contribution < 1.29 is 9.84 Å². The molecule has 1 N–H and O–H groups in total. The summed E-state index contributed by atoms with van der Waals surface area (Å²) in [6, 6.07) is 0. The van der Waals surface area contributed by atoms with E-state index in [9.17, 15) is 0 Å². The molecule has 0 aromatic rings. The predicted octanol–water partition coefficient (Wildman–Crippen LogP) is 3.83. The number of rotatable bonds is 4. The Morgan fingerprint density at radius 3 is 2.79 bits per heavy atom. The fraction of sp³-hybridized carbons (Fsp3) is 0.882. The Kier molecular flexibility index (Phi) is 4.60. The molecular formula is C17H28O2. The lowest BCUT2D eigenvalue weighted by molar-refractivity contribution is -0.107. The fourth-order valence-corrected chi connectivity index (χ4v) is 4.44. The molecule has 0 amide bonds. The van der Waals surface area contributed by atoms with Gasteiger partial charge in [-0.25, -0.2) is 0 Å². The van der Waals surface area contributed by atoms with E-state index < -0.39 is 0 Å². The number of hydrogen-bond donors (Lipinski definition) is 1. The molecular weight excluding hydrogens is 236 g/mol. The standard InChI is InChI=1S/C17H28O2/c18-12-6-5-11-17-14-8-2-1-7-13(14)15-9-3-4-10-16(15)19-17/h7,14-18H,1-6,8-12H2. The summed E-state index contributed by atoms with van der Waals surface area (Å²) >= 11 is 0. The first-order valence-corrected chi connectivity index (χ1v) is 8.36. The van der Waals surface area contributed by atoms with Crippen molar-refractivity contribution in [3.8, 4) is 0 Å². The smallest absolute Gasteiger partial charge is 0.0644 e. The van der Waals surface area contributed by atoms with Gasteiger partial charge < -0.3 is 9.84 Å². The van der Waals surface area contributed by atoms with E-state index in [0.29, 0.717) is 24.7 Å². The highest BCUT2D eigenvalue weighted by molar-refractivity contribution is 5.20. The largest absolute Gasteiger partial charge is 0.396 e. The van der Waals surface area contributed by atoms with Crippen molar-refractivity contribution >= 4 is 0 Å². The van der Waals surface area contributed by atoms with E-state index in [1.807, 2.05) is 0 Å². The molecule has 1 heterocycles. The van der Waals surface area contributed by atoms with Crippen molar-refractivity contribution in [2.24, 2.45) is 11.8 Å². The molecule has 3 rings (SSSR count). The van der Waals surface area contributed by atoms with Crippen LogP contribution >= 0.6 is 0 Å². The number of fused-ring (bicyclic) bond motifs is 3. The summed E-state index contributed by atoms with van der Waals surface area (Å²) in [5, 5.41) is 8.96. The Labute approximate surface area is 117 Å². The Morgan fingerprint density at radius 2 is 1.89 bits per heavy atom. The quantitative estimate of drug-likeness (QED) is 0.617. The van der Waals surface area contributed by atoms with Gasteiger partial charge in [-0.15, -0.1) is 0 Å². The maximum absolute atomic E-state index is 8.96. The summed E-state index contributed by atoms with van der Waals surface area (Å²) in [6.07, 6.45) is 16.0. The van der Waals surface area contributed by atoms with Gasteiger partial charge in [0.15, 0.2) is 0 Å². The fourth-order valence-electron chi connectivity index (χ4n) is 4.44. The minimum Gasteiger partial charge on any atom is -0.396 e. The molecule has 0 aromatic heterocycles. The Balaban J connectivity index is 1.71. The van der Waals surface area contributed by atoms with Crippen molar-refractivity contribution in [1.82, 2.24) is 0 Å². The molecule has 2 heteroatoms. The van der Waals surface area contributed by atoms with Gasteiger partial charge in [-0.1, -0.05) is 24.5 Å². The highest BCUT2D eigenvalue weighted by Gasteiger charge is 2.42. The first kappa shape index (κ1) is 13.6. The molecule has 0 bridgehead atoms. The second-order valence-electron chi connectivity index (χ2n) is 6.56. The molecule has 1 aliphatic heterocycles. The topological polar surface area (TPSA) is 29.5 Å². The van der Waals surface area contributed by atoms with Crippen LogP contribution in [0.5, 0.6) is 0 Å². The van der Waals surface area contributed by atoms with E-state index >= 15 is 0 Å². The third-order valence-corrected chi connectivity index (χ3v) is 5.35. The molecule has 3 aliphatic rings. The van der Waals surface area contributed by atoms with Crippen molar-refractivity contribution in [3.63, 3.8) is 0 Å². The molecule has 0 spiro atoms. The van der Waals surface area contributed by atoms with Crippen LogP contribution in [0.4, 0.5) is 0 Å². The summed E-state index contributed by atoms with van der Waals surface area (Å²) in [5.74, 6) is 1.44. The average molecular weight is 264 g/mol. The van der Waals surface area contributed by atoms with E-state index in [1.54, 1.807) is 5.57 Å². The van der Waals surface area contributed by atoms with Crippen LogP contribution in [0.1, 0.15) is 64.2 Å². The van der Waals surface area contributed by atoms with Gasteiger partial charge in [0.2, 0.25) is 0 Å². The summed E-state index contributed by atoms with van der Waals surface area (Å²) < 4.78 is 6.48. The van der Waals surface area contributed by atoms with Crippen molar-refractivity contribution in [2.45, 2.75) is 76.4 Å². The van der Waals surface area contributed by atoms with Gasteiger partial charge in [0.1, 0.15) is 0 Å². The van der Waals surface area contributed by atoms with E-state index in [-0.39, 0.29) is 0 Å². The van der Waals surface area contributed by atoms with Crippen LogP contribution in [-0.2, 0) is 4.74 Å². The predicted molar refractivity (Wildman–Crippen MR) is 77.0 cm³/mol. The molecule has 2 aliphatic carbocycles. The Hall–Kier alpha value is -0.340. The summed E-state index contributed by atoms with van der Waals surface area (Å²) in [7, 11) is 0. The Bertz CT molecular complexity index is 323. The van der Waals surface area contributed by atoms with Crippen molar-refractivity contribution in [2.75, 3.05) is 6.61 Å². The van der Waals surface area contributed by atoms with Gasteiger partial charge in [-0.05, 0) is 51.4 Å². The number of hydrogen-bond acceptors (Lipinski definition) is 2. The first-order valence-electron chi connectivity index (χ1n) is 8.36. The highest BCUT2D eigenvalue weighted by atomic mass is 16.5. The van der Waals surface area contributed by atoms with Crippen LogP contribution in [0.2, 0.25) is 0 Å². The Morgan fingerprint density at radius 1 is 1.05 bits per heavy atom. The van der Waals surface area contributed by atoms with Gasteiger partial charge in [-0.2, -0.15) is 0 Å². The molecule has 19 heavy (non-hydrogen) atoms. The lowest BCUT2D eigenvalue weighted by Crippen LogP contribution is -2.45. The zero-order valence-corrected chi connectivity index (χ0v) is 12.0. The molecule has 4 atom stereocenters. The second-order valence-corrected chi connectivity index (χ2v) is 6.56. The number of aliphatic hydroxyl groups is 1. The SMILES string of the molecule is OCCCCC1OC2CCCCC2C2=CCCCC21. The first-order chi connectivity index (χ1) is 9.40. The zero-order chi connectivity index (χ0) is 13.1. The molecule has 4 unspecified atom stereocenters. The zero-order valence-electron chi connectivity index (χ0n) is 12.0. The van der Waals surface area contributed by atoms with Crippen LogP contribution in [-0.4, -0.2) is 23.9 Å². The van der Waals surface area contributed by atoms with Crippen LogP contribution in [0.15, 0.2) is 11.6 Å². The van der Waals surface area contributed by atoms with Crippen LogP contribution in [0.25, 0.3) is 0 Å². The molecule has 1 saturated carbocycles. The summed E-state index contributed by atoms with van der Waals surface area (Å²) in [4.78, 5) is 0. The third-order valence-electron chi connectivity index (χ3n) is 5.35. The van der Waals surface area contributed by atoms with Gasteiger partial charge in [-0.3, -0.25) is 0 Å². The van der Waals surface area contributed by atoms with Crippen molar-refractivity contribution in [1.29, 1.82) is 0 Å². The molecule has 2 fully saturated rings. The summed E-state index contributed by atoms with van der Waals surface area (Å²) in [5.41, 5.74) is 1.76. The monoisotopic (exact) mass is 264 g/mol. The third kappa shape index (κ3) is 2.90. The molecule has 0 aromatic carbocycles. The van der Waals surface area contributed by atoms with Crippen molar-refractivity contribution in [3.05, 3.63) is 11.6 Å². The van der Waals surface area contributed by atoms with E-state index in [1.165, 1.54) is 44.9 Å². The minimum atomic E-state index is 0.326. The van der Waals surface area contributed by atoms with Gasteiger partial charge in [0.05, 0.1) is 12.2 Å². The van der Waals surface area contributed by atoms with Gasteiger partial charge in [0.25, 0.3) is 0 Å². The van der Waals surface area contributed by atoms with Gasteiger partial charge >= 0.3 is 0 Å². The number of aliphatic hydroxyl groups excluding tert-OH is 1. The molecule has 0 radical (unpaired) electrons. The lowest BCUT2D eigenvalue weighted by Gasteiger charge is -2.47. The minimum absolute atomic E-state index is 0.326. The number of ether oxygens (including phenoxy) is 1. The maximum Gasteiger partial charge on any atom is 0.0644 e. The van der Waals surface area contributed by atoms with Gasteiger partial charge in [0, 0.05) is 18.4 Å². The summed E-state index contributed by atoms with van der Waals surface area (Å²) in [6.45, 7) is 0.326. The normalized spacial score (nSPS) is 38.3. The number of allylic oxidation sites excluding steroid dienone is 1. The average Bonchev–Trinajstić information content (AvgIpc) is 2.47. The molecule has 108 valence electrons. The number of unbranched alkanes of at least 4 members (excludes halogenated alkanes) is 1. The highest BCUT2D eigenvalue weighted by Crippen LogP contribution is 2.46. The second kappa shape index (κ2) is 6.41. The molecule has 2 nitrogen and oxygen atoms in total. The van der Waals surface area contributed by atoms with Crippen LogP contribution in [0, 0.1) is 11.8 Å². The van der Waals surface area contributed by atoms with E-state index in [2.05, 4.69) is 6.08 Å². The van der Waals surface area contributed by atoms with E-state index in [0.717, 1.165) is 25.2 Å². The van der Waals surface area contributed by atoms with Crippen LogP contribution in [0.3, 0.4) is 0 Å². The lowest BCUT2D eigenvalue weighted by atomic mass is 9.68. The molecule has 1 saturated heterocycles.